The Morgan fingerprint density at radius 2 is 1.58 bits per heavy atom. The summed E-state index contributed by atoms with van der Waals surface area (Å²) in [6, 6.07) is 18.4. The lowest BCUT2D eigenvalue weighted by atomic mass is 9.98. The minimum atomic E-state index is -0.724. The average molecular weight is 420 g/mol. The van der Waals surface area contributed by atoms with Crippen LogP contribution in [0.25, 0.3) is 17.2 Å². The fraction of sp³-hybridized carbons (Fsp3) is 0.160. The van der Waals surface area contributed by atoms with E-state index in [9.17, 15) is 13.6 Å². The van der Waals surface area contributed by atoms with Crippen LogP contribution in [0.3, 0.4) is 0 Å². The summed E-state index contributed by atoms with van der Waals surface area (Å²) < 4.78 is 32.9. The van der Waals surface area contributed by atoms with Gasteiger partial charge in [0, 0.05) is 23.7 Å². The molecule has 4 rings (SSSR count). The van der Waals surface area contributed by atoms with Gasteiger partial charge in [0.15, 0.2) is 0 Å². The van der Waals surface area contributed by atoms with Crippen LogP contribution in [-0.2, 0) is 4.74 Å². The van der Waals surface area contributed by atoms with Gasteiger partial charge in [-0.2, -0.15) is 0 Å². The van der Waals surface area contributed by atoms with Crippen molar-refractivity contribution in [3.63, 3.8) is 0 Å². The molecule has 0 aliphatic heterocycles. The molecule has 0 fully saturated rings. The maximum atomic E-state index is 13.7. The van der Waals surface area contributed by atoms with Gasteiger partial charge in [0.2, 0.25) is 0 Å². The monoisotopic (exact) mass is 420 g/mol. The summed E-state index contributed by atoms with van der Waals surface area (Å²) in [6.45, 7) is 0.517. The number of fused-ring (bicyclic) bond motifs is 3. The maximum Gasteiger partial charge on any atom is 0.407 e. The normalized spacial score (nSPS) is 12.6. The zero-order valence-electron chi connectivity index (χ0n) is 16.8. The molecular weight excluding hydrogens is 398 g/mol. The van der Waals surface area contributed by atoms with Crippen molar-refractivity contribution in [2.24, 2.45) is 0 Å². The van der Waals surface area contributed by atoms with Crippen molar-refractivity contribution in [2.45, 2.75) is 12.3 Å². The van der Waals surface area contributed by atoms with E-state index in [2.05, 4.69) is 29.6 Å². The van der Waals surface area contributed by atoms with Gasteiger partial charge in [-0.25, -0.2) is 13.6 Å². The Bertz CT molecular complexity index is 1080. The Labute approximate surface area is 179 Å². The molecule has 0 saturated carbocycles. The van der Waals surface area contributed by atoms with E-state index in [0.29, 0.717) is 6.42 Å². The van der Waals surface area contributed by atoms with Crippen molar-refractivity contribution in [3.8, 4) is 11.1 Å². The standard InChI is InChI=1S/C25H22F2N2O2/c26-23-13-16(28)14-24(27)21(23)11-5-6-12-29-25(30)31-15-22-19-9-3-1-7-17(19)18-8-2-4-10-20(18)22/h1-5,7-11,13-14,22H,6,12,15,28H2,(H,29,30). The predicted molar refractivity (Wildman–Crippen MR) is 117 cm³/mol. The molecule has 0 saturated heterocycles. The summed E-state index contributed by atoms with van der Waals surface area (Å²) >= 11 is 0. The molecule has 0 unspecified atom stereocenters. The third-order valence-electron chi connectivity index (χ3n) is 5.31. The van der Waals surface area contributed by atoms with E-state index in [1.54, 1.807) is 6.08 Å². The summed E-state index contributed by atoms with van der Waals surface area (Å²) in [5, 5.41) is 2.66. The number of benzene rings is 3. The highest BCUT2D eigenvalue weighted by Gasteiger charge is 2.28. The van der Waals surface area contributed by atoms with E-state index in [4.69, 9.17) is 10.5 Å². The van der Waals surface area contributed by atoms with Gasteiger partial charge in [-0.05, 0) is 40.8 Å². The Morgan fingerprint density at radius 3 is 2.19 bits per heavy atom. The first-order valence-electron chi connectivity index (χ1n) is 10.0. The molecule has 0 spiro atoms. The molecule has 3 N–H and O–H groups in total. The number of halogens is 2. The minimum absolute atomic E-state index is 0.00508. The zero-order chi connectivity index (χ0) is 21.8. The van der Waals surface area contributed by atoms with Crippen molar-refractivity contribution in [1.82, 2.24) is 5.32 Å². The van der Waals surface area contributed by atoms with Gasteiger partial charge >= 0.3 is 6.09 Å². The molecule has 0 radical (unpaired) electrons. The molecule has 3 aromatic carbocycles. The first-order chi connectivity index (χ1) is 15.0. The lowest BCUT2D eigenvalue weighted by Crippen LogP contribution is -2.26. The zero-order valence-corrected chi connectivity index (χ0v) is 16.8. The van der Waals surface area contributed by atoms with Gasteiger partial charge in [-0.1, -0.05) is 60.7 Å². The van der Waals surface area contributed by atoms with Crippen LogP contribution in [0.5, 0.6) is 0 Å². The van der Waals surface area contributed by atoms with Crippen LogP contribution in [-0.4, -0.2) is 19.2 Å². The van der Waals surface area contributed by atoms with Gasteiger partial charge < -0.3 is 15.8 Å². The molecule has 31 heavy (non-hydrogen) atoms. The largest absolute Gasteiger partial charge is 0.449 e. The second-order valence-corrected chi connectivity index (χ2v) is 7.34. The van der Waals surface area contributed by atoms with Crippen molar-refractivity contribution in [1.29, 1.82) is 0 Å². The number of alkyl carbamates (subject to hydrolysis) is 1. The van der Waals surface area contributed by atoms with Crippen LogP contribution in [0, 0.1) is 11.6 Å². The van der Waals surface area contributed by atoms with Gasteiger partial charge in [-0.15, -0.1) is 0 Å². The topological polar surface area (TPSA) is 64.3 Å². The number of nitrogens with two attached hydrogens (primary N) is 1. The van der Waals surface area contributed by atoms with Crippen LogP contribution >= 0.6 is 0 Å². The van der Waals surface area contributed by atoms with Gasteiger partial charge in [0.1, 0.15) is 18.2 Å². The Kier molecular flexibility index (Phi) is 5.98. The number of hydrogen-bond acceptors (Lipinski definition) is 3. The van der Waals surface area contributed by atoms with E-state index < -0.39 is 17.7 Å². The molecule has 1 aliphatic rings. The summed E-state index contributed by atoms with van der Waals surface area (Å²) in [5.41, 5.74) is 9.90. The third kappa shape index (κ3) is 4.43. The van der Waals surface area contributed by atoms with Crippen LogP contribution in [0.1, 0.15) is 29.0 Å². The summed E-state index contributed by atoms with van der Waals surface area (Å²) in [4.78, 5) is 12.1. The van der Waals surface area contributed by atoms with Crippen molar-refractivity contribution < 1.29 is 18.3 Å². The summed E-state index contributed by atoms with van der Waals surface area (Å²) in [5.74, 6) is -1.45. The van der Waals surface area contributed by atoms with E-state index >= 15 is 0 Å². The fourth-order valence-electron chi connectivity index (χ4n) is 3.87. The molecule has 0 heterocycles. The third-order valence-corrected chi connectivity index (χ3v) is 5.31. The SMILES string of the molecule is Nc1cc(F)c(C=CCCNC(=O)OCC2c3ccccc3-c3ccccc32)c(F)c1. The van der Waals surface area contributed by atoms with E-state index in [-0.39, 0.29) is 30.3 Å². The number of amides is 1. The van der Waals surface area contributed by atoms with E-state index in [1.807, 2.05) is 24.3 Å². The van der Waals surface area contributed by atoms with E-state index in [0.717, 1.165) is 23.3 Å². The highest BCUT2D eigenvalue weighted by molar-refractivity contribution is 5.79. The number of nitrogens with one attached hydrogen (secondary N) is 1. The number of carbonyl (C=O) groups excluding carboxylic acids is 1. The maximum absolute atomic E-state index is 13.7. The number of anilines is 1. The lowest BCUT2D eigenvalue weighted by molar-refractivity contribution is 0.143. The molecule has 1 amide bonds. The Hall–Kier alpha value is -3.67. The average Bonchev–Trinajstić information content (AvgIpc) is 3.07. The quantitative estimate of drug-likeness (QED) is 0.409. The Balaban J connectivity index is 1.29. The lowest BCUT2D eigenvalue weighted by Gasteiger charge is -2.14. The number of rotatable bonds is 6. The fourth-order valence-corrected chi connectivity index (χ4v) is 3.87. The smallest absolute Gasteiger partial charge is 0.407 e. The van der Waals surface area contributed by atoms with Crippen LogP contribution < -0.4 is 11.1 Å². The first kappa shape index (κ1) is 20.6. The number of ether oxygens (including phenoxy) is 1. The Morgan fingerprint density at radius 1 is 1.00 bits per heavy atom. The van der Waals surface area contributed by atoms with Crippen molar-refractivity contribution in [3.05, 3.63) is 95.1 Å². The van der Waals surface area contributed by atoms with Gasteiger partial charge in [0.25, 0.3) is 0 Å². The molecule has 6 heteroatoms. The molecule has 4 nitrogen and oxygen atoms in total. The van der Waals surface area contributed by atoms with Crippen LogP contribution in [0.2, 0.25) is 0 Å². The number of nitrogen functional groups attached to an aromatic ring is 1. The second kappa shape index (κ2) is 9.00. The van der Waals surface area contributed by atoms with E-state index in [1.165, 1.54) is 17.2 Å². The molecule has 3 aromatic rings. The van der Waals surface area contributed by atoms with Gasteiger partial charge in [-0.3, -0.25) is 0 Å². The van der Waals surface area contributed by atoms with Crippen molar-refractivity contribution >= 4 is 17.9 Å². The van der Waals surface area contributed by atoms with Crippen LogP contribution in [0.4, 0.5) is 19.3 Å². The predicted octanol–water partition coefficient (Wildman–Crippen LogP) is 5.49. The molecule has 158 valence electrons. The molecular formula is C25H22F2N2O2. The minimum Gasteiger partial charge on any atom is -0.449 e. The number of hydrogen-bond donors (Lipinski definition) is 2. The summed E-state index contributed by atoms with van der Waals surface area (Å²) in [6.07, 6.45) is 2.79. The highest BCUT2D eigenvalue weighted by atomic mass is 19.1. The number of carbonyl (C=O) groups is 1. The van der Waals surface area contributed by atoms with Crippen molar-refractivity contribution in [2.75, 3.05) is 18.9 Å². The molecule has 0 aromatic heterocycles. The molecule has 0 bridgehead atoms. The summed E-state index contributed by atoms with van der Waals surface area (Å²) in [7, 11) is 0. The molecule has 0 atom stereocenters. The highest BCUT2D eigenvalue weighted by Crippen LogP contribution is 2.44. The second-order valence-electron chi connectivity index (χ2n) is 7.34. The first-order valence-corrected chi connectivity index (χ1v) is 10.0. The molecule has 1 aliphatic carbocycles. The van der Waals surface area contributed by atoms with Gasteiger partial charge in [0.05, 0.1) is 0 Å². The van der Waals surface area contributed by atoms with Crippen LogP contribution in [0.15, 0.2) is 66.7 Å².